The number of hydrogen-bond acceptors (Lipinski definition) is 5. The summed E-state index contributed by atoms with van der Waals surface area (Å²) in [4.78, 5) is 24.2. The standard InChI is InChI=1S/C21H18ClN3O5/c22-14-7-3-1-5-12(14)9-15(19(26)21(28)29)23-20(27)16-10-17-13-6-2-4-8-18(13)30-11-25(17)24-16/h1-8,10,15,19,26H,9,11H2,(H,23,27)(H,28,29)/t15-,19-/m1/s1. The number of aromatic nitrogens is 2. The number of ether oxygens (including phenoxy) is 1. The van der Waals surface area contributed by atoms with Crippen molar-refractivity contribution < 1.29 is 24.5 Å². The molecule has 154 valence electrons. The lowest BCUT2D eigenvalue weighted by Crippen LogP contribution is -2.48. The van der Waals surface area contributed by atoms with Gasteiger partial charge < -0.3 is 20.3 Å². The third-order valence-electron chi connectivity index (χ3n) is 4.87. The van der Waals surface area contributed by atoms with E-state index in [-0.39, 0.29) is 18.8 Å². The summed E-state index contributed by atoms with van der Waals surface area (Å²) < 4.78 is 7.17. The SMILES string of the molecule is O=C(N[C@H](Cc1ccccc1Cl)[C@@H](O)C(=O)O)c1cc2n(n1)COc1ccccc1-2. The molecule has 1 amide bonds. The first-order chi connectivity index (χ1) is 14.4. The average Bonchev–Trinajstić information content (AvgIpc) is 3.19. The van der Waals surface area contributed by atoms with E-state index in [4.69, 9.17) is 16.3 Å². The summed E-state index contributed by atoms with van der Waals surface area (Å²) in [5.41, 5.74) is 2.21. The maximum Gasteiger partial charge on any atom is 0.334 e. The molecule has 2 aromatic carbocycles. The highest BCUT2D eigenvalue weighted by Crippen LogP contribution is 2.34. The third-order valence-corrected chi connectivity index (χ3v) is 5.23. The van der Waals surface area contributed by atoms with E-state index in [0.29, 0.717) is 22.0 Å². The Balaban J connectivity index is 1.58. The Bertz CT molecular complexity index is 1110. The smallest absolute Gasteiger partial charge is 0.334 e. The van der Waals surface area contributed by atoms with Gasteiger partial charge in [0.05, 0.1) is 11.7 Å². The molecule has 0 unspecified atom stereocenters. The van der Waals surface area contributed by atoms with Crippen LogP contribution in [0.1, 0.15) is 16.1 Å². The summed E-state index contributed by atoms with van der Waals surface area (Å²) in [5.74, 6) is -1.36. The number of carbonyl (C=O) groups excluding carboxylic acids is 1. The van der Waals surface area contributed by atoms with E-state index in [1.165, 1.54) is 0 Å². The largest absolute Gasteiger partial charge is 0.479 e. The van der Waals surface area contributed by atoms with Gasteiger partial charge in [0.1, 0.15) is 5.75 Å². The van der Waals surface area contributed by atoms with E-state index in [1.54, 1.807) is 35.0 Å². The third kappa shape index (κ3) is 3.87. The molecule has 1 aromatic heterocycles. The van der Waals surface area contributed by atoms with Crippen LogP contribution in [0.4, 0.5) is 0 Å². The number of aliphatic carboxylic acids is 1. The quantitative estimate of drug-likeness (QED) is 0.556. The Morgan fingerprint density at radius 2 is 1.93 bits per heavy atom. The minimum absolute atomic E-state index is 0.0401. The maximum absolute atomic E-state index is 12.8. The number of nitrogens with one attached hydrogen (secondary N) is 1. The maximum atomic E-state index is 12.8. The van der Waals surface area contributed by atoms with E-state index in [1.807, 2.05) is 24.3 Å². The number of aliphatic hydroxyl groups excluding tert-OH is 1. The zero-order chi connectivity index (χ0) is 21.3. The molecule has 3 N–H and O–H groups in total. The minimum atomic E-state index is -1.81. The Labute approximate surface area is 176 Å². The van der Waals surface area contributed by atoms with Gasteiger partial charge in [-0.3, -0.25) is 4.79 Å². The Kier molecular flexibility index (Phi) is 5.43. The number of benzene rings is 2. The summed E-state index contributed by atoms with van der Waals surface area (Å²) in [5, 5.41) is 26.6. The fraction of sp³-hybridized carbons (Fsp3) is 0.190. The van der Waals surface area contributed by atoms with Gasteiger partial charge >= 0.3 is 5.97 Å². The molecule has 2 atom stereocenters. The van der Waals surface area contributed by atoms with E-state index in [9.17, 15) is 19.8 Å². The van der Waals surface area contributed by atoms with Crippen molar-refractivity contribution in [1.82, 2.24) is 15.1 Å². The van der Waals surface area contributed by atoms with Crippen LogP contribution >= 0.6 is 11.6 Å². The van der Waals surface area contributed by atoms with Crippen LogP contribution in [-0.2, 0) is 17.9 Å². The van der Waals surface area contributed by atoms with Crippen molar-refractivity contribution in [3.05, 3.63) is 70.9 Å². The van der Waals surface area contributed by atoms with Crippen LogP contribution in [0.3, 0.4) is 0 Å². The van der Waals surface area contributed by atoms with Crippen molar-refractivity contribution in [3.8, 4) is 17.0 Å². The molecular formula is C21H18ClN3O5. The molecule has 0 bridgehead atoms. The molecule has 0 aliphatic carbocycles. The molecule has 9 heteroatoms. The lowest BCUT2D eigenvalue weighted by Gasteiger charge is -2.21. The lowest BCUT2D eigenvalue weighted by atomic mass is 10.0. The predicted molar refractivity (Wildman–Crippen MR) is 108 cm³/mol. The van der Waals surface area contributed by atoms with Crippen LogP contribution < -0.4 is 10.1 Å². The molecule has 0 radical (unpaired) electrons. The number of para-hydroxylation sites is 1. The molecule has 1 aliphatic heterocycles. The molecule has 4 rings (SSSR count). The predicted octanol–water partition coefficient (Wildman–Crippen LogP) is 2.34. The summed E-state index contributed by atoms with van der Waals surface area (Å²) >= 11 is 6.15. The van der Waals surface area contributed by atoms with Crippen LogP contribution in [0.15, 0.2) is 54.6 Å². The van der Waals surface area contributed by atoms with Crippen molar-refractivity contribution in [3.63, 3.8) is 0 Å². The van der Waals surface area contributed by atoms with Crippen molar-refractivity contribution in [1.29, 1.82) is 0 Å². The zero-order valence-corrected chi connectivity index (χ0v) is 16.4. The van der Waals surface area contributed by atoms with E-state index in [0.717, 1.165) is 5.56 Å². The Morgan fingerprint density at radius 1 is 1.20 bits per heavy atom. The van der Waals surface area contributed by atoms with Gasteiger partial charge in [-0.2, -0.15) is 5.10 Å². The van der Waals surface area contributed by atoms with Crippen molar-refractivity contribution in [2.45, 2.75) is 25.3 Å². The van der Waals surface area contributed by atoms with Gasteiger partial charge in [-0.25, -0.2) is 9.48 Å². The molecule has 0 saturated carbocycles. The number of carbonyl (C=O) groups is 2. The number of carboxylic acid groups (broad SMARTS) is 1. The van der Waals surface area contributed by atoms with Gasteiger partial charge in [-0.15, -0.1) is 0 Å². The van der Waals surface area contributed by atoms with Crippen molar-refractivity contribution in [2.75, 3.05) is 0 Å². The van der Waals surface area contributed by atoms with Crippen LogP contribution in [0.2, 0.25) is 5.02 Å². The molecule has 0 saturated heterocycles. The van der Waals surface area contributed by atoms with Gasteiger partial charge in [0, 0.05) is 10.6 Å². The van der Waals surface area contributed by atoms with Crippen molar-refractivity contribution >= 4 is 23.5 Å². The summed E-state index contributed by atoms with van der Waals surface area (Å²) in [6, 6.07) is 14.7. The summed E-state index contributed by atoms with van der Waals surface area (Å²) in [7, 11) is 0. The fourth-order valence-electron chi connectivity index (χ4n) is 3.33. The number of halogens is 1. The second-order valence-corrected chi connectivity index (χ2v) is 7.25. The fourth-order valence-corrected chi connectivity index (χ4v) is 3.55. The number of carboxylic acids is 1. The van der Waals surface area contributed by atoms with Crippen LogP contribution in [0.25, 0.3) is 11.3 Å². The van der Waals surface area contributed by atoms with Gasteiger partial charge in [0.15, 0.2) is 18.5 Å². The highest BCUT2D eigenvalue weighted by atomic mass is 35.5. The number of fused-ring (bicyclic) bond motifs is 3. The Morgan fingerprint density at radius 3 is 2.70 bits per heavy atom. The molecule has 3 aromatic rings. The molecule has 0 fully saturated rings. The normalized spacial score (nSPS) is 14.1. The molecule has 30 heavy (non-hydrogen) atoms. The van der Waals surface area contributed by atoms with Crippen LogP contribution in [0, 0.1) is 0 Å². The molecular weight excluding hydrogens is 410 g/mol. The van der Waals surface area contributed by atoms with Gasteiger partial charge in [0.2, 0.25) is 0 Å². The highest BCUT2D eigenvalue weighted by Gasteiger charge is 2.30. The number of aliphatic hydroxyl groups is 1. The van der Waals surface area contributed by atoms with E-state index >= 15 is 0 Å². The number of amides is 1. The first kappa shape index (κ1) is 19.9. The van der Waals surface area contributed by atoms with Crippen LogP contribution in [-0.4, -0.2) is 44.0 Å². The highest BCUT2D eigenvalue weighted by molar-refractivity contribution is 6.31. The molecule has 2 heterocycles. The average molecular weight is 428 g/mol. The van der Waals surface area contributed by atoms with E-state index < -0.39 is 24.0 Å². The number of nitrogens with zero attached hydrogens (tertiary/aromatic N) is 2. The lowest BCUT2D eigenvalue weighted by molar-refractivity contribution is -0.148. The van der Waals surface area contributed by atoms with E-state index in [2.05, 4.69) is 10.4 Å². The monoisotopic (exact) mass is 427 g/mol. The molecule has 8 nitrogen and oxygen atoms in total. The number of rotatable bonds is 6. The van der Waals surface area contributed by atoms with Gasteiger partial charge in [-0.1, -0.05) is 41.9 Å². The molecule has 0 spiro atoms. The first-order valence-electron chi connectivity index (χ1n) is 9.19. The van der Waals surface area contributed by atoms with Gasteiger partial charge in [0.25, 0.3) is 5.91 Å². The van der Waals surface area contributed by atoms with Crippen molar-refractivity contribution in [2.24, 2.45) is 0 Å². The molecule has 1 aliphatic rings. The number of hydrogen-bond donors (Lipinski definition) is 3. The Hall–Kier alpha value is -3.36. The summed E-state index contributed by atoms with van der Waals surface area (Å²) in [6.07, 6.45) is -1.77. The topological polar surface area (TPSA) is 114 Å². The second kappa shape index (κ2) is 8.17. The van der Waals surface area contributed by atoms with Crippen LogP contribution in [0.5, 0.6) is 5.75 Å². The zero-order valence-electron chi connectivity index (χ0n) is 15.7. The second-order valence-electron chi connectivity index (χ2n) is 6.84. The minimum Gasteiger partial charge on any atom is -0.479 e. The van der Waals surface area contributed by atoms with Gasteiger partial charge in [-0.05, 0) is 36.2 Å². The first-order valence-corrected chi connectivity index (χ1v) is 9.57. The summed E-state index contributed by atoms with van der Waals surface area (Å²) in [6.45, 7) is 0.153.